The van der Waals surface area contributed by atoms with Crippen molar-refractivity contribution in [2.24, 2.45) is 0 Å². The molecule has 20 heavy (non-hydrogen) atoms. The number of nitrogens with one attached hydrogen (secondary N) is 1. The summed E-state index contributed by atoms with van der Waals surface area (Å²) < 4.78 is 10.9. The Morgan fingerprint density at radius 2 is 2.10 bits per heavy atom. The second-order valence-corrected chi connectivity index (χ2v) is 5.48. The van der Waals surface area contributed by atoms with Gasteiger partial charge in [-0.25, -0.2) is 0 Å². The molecular weight excluding hydrogens is 276 g/mol. The molecule has 3 heterocycles. The standard InChI is InChI=1S/C15H19ClN2O2/c16-15-6-5-12(20-15)10-17-11-13(14-4-3-9-19-14)18-7-1-2-8-18/h3-6,9,13,17H,1-2,7-8,10-11H2. The number of rotatable bonds is 6. The number of furan rings is 2. The van der Waals surface area contributed by atoms with Gasteiger partial charge < -0.3 is 14.2 Å². The lowest BCUT2D eigenvalue weighted by Gasteiger charge is -2.25. The van der Waals surface area contributed by atoms with Crippen molar-refractivity contribution in [3.63, 3.8) is 0 Å². The van der Waals surface area contributed by atoms with E-state index in [9.17, 15) is 0 Å². The average molecular weight is 295 g/mol. The van der Waals surface area contributed by atoms with Crippen LogP contribution in [-0.2, 0) is 6.54 Å². The zero-order chi connectivity index (χ0) is 13.8. The van der Waals surface area contributed by atoms with Crippen LogP contribution in [0, 0.1) is 0 Å². The molecule has 2 aromatic heterocycles. The first-order chi connectivity index (χ1) is 9.83. The van der Waals surface area contributed by atoms with Gasteiger partial charge in [0.25, 0.3) is 0 Å². The van der Waals surface area contributed by atoms with Gasteiger partial charge in [-0.1, -0.05) is 0 Å². The first-order valence-corrected chi connectivity index (χ1v) is 7.43. The molecule has 0 bridgehead atoms. The van der Waals surface area contributed by atoms with Crippen LogP contribution in [0.1, 0.15) is 30.4 Å². The highest BCUT2D eigenvalue weighted by molar-refractivity contribution is 6.28. The van der Waals surface area contributed by atoms with Crippen LogP contribution >= 0.6 is 11.6 Å². The molecule has 0 aliphatic carbocycles. The highest BCUT2D eigenvalue weighted by Gasteiger charge is 2.25. The maximum absolute atomic E-state index is 5.77. The molecule has 1 saturated heterocycles. The minimum absolute atomic E-state index is 0.290. The number of halogens is 1. The summed E-state index contributed by atoms with van der Waals surface area (Å²) in [5, 5.41) is 3.86. The number of nitrogens with zero attached hydrogens (tertiary/aromatic N) is 1. The molecule has 1 aliphatic rings. The topological polar surface area (TPSA) is 41.6 Å². The molecule has 0 spiro atoms. The summed E-state index contributed by atoms with van der Waals surface area (Å²) in [5.41, 5.74) is 0. The fourth-order valence-corrected chi connectivity index (χ4v) is 2.88. The van der Waals surface area contributed by atoms with Crippen molar-refractivity contribution < 1.29 is 8.83 Å². The zero-order valence-electron chi connectivity index (χ0n) is 11.3. The largest absolute Gasteiger partial charge is 0.468 e. The molecule has 1 aliphatic heterocycles. The van der Waals surface area contributed by atoms with E-state index in [4.69, 9.17) is 20.4 Å². The van der Waals surface area contributed by atoms with E-state index in [0.717, 1.165) is 31.2 Å². The second-order valence-electron chi connectivity index (χ2n) is 5.11. The quantitative estimate of drug-likeness (QED) is 0.886. The SMILES string of the molecule is Clc1ccc(CNCC(c2ccco2)N2CCCC2)o1. The predicted molar refractivity (Wildman–Crippen MR) is 77.7 cm³/mol. The normalized spacial score (nSPS) is 17.6. The first kappa shape index (κ1) is 13.7. The lowest BCUT2D eigenvalue weighted by Crippen LogP contribution is -2.33. The fraction of sp³-hybridized carbons (Fsp3) is 0.467. The van der Waals surface area contributed by atoms with Crippen molar-refractivity contribution in [3.8, 4) is 0 Å². The van der Waals surface area contributed by atoms with E-state index < -0.39 is 0 Å². The van der Waals surface area contributed by atoms with Crippen LogP contribution in [0.4, 0.5) is 0 Å². The summed E-state index contributed by atoms with van der Waals surface area (Å²) in [7, 11) is 0. The highest BCUT2D eigenvalue weighted by atomic mass is 35.5. The van der Waals surface area contributed by atoms with Gasteiger partial charge >= 0.3 is 0 Å². The number of likely N-dealkylation sites (tertiary alicyclic amines) is 1. The van der Waals surface area contributed by atoms with Gasteiger partial charge in [-0.15, -0.1) is 0 Å². The third-order valence-electron chi connectivity index (χ3n) is 3.72. The lowest BCUT2D eigenvalue weighted by atomic mass is 10.2. The van der Waals surface area contributed by atoms with Gasteiger partial charge in [0.05, 0.1) is 18.8 Å². The van der Waals surface area contributed by atoms with Gasteiger partial charge in [0.2, 0.25) is 0 Å². The third kappa shape index (κ3) is 3.26. The van der Waals surface area contributed by atoms with Gasteiger partial charge in [0.15, 0.2) is 5.22 Å². The van der Waals surface area contributed by atoms with Crippen LogP contribution in [0.25, 0.3) is 0 Å². The predicted octanol–water partition coefficient (Wildman–Crippen LogP) is 3.45. The van der Waals surface area contributed by atoms with Gasteiger partial charge in [0, 0.05) is 6.54 Å². The Balaban J connectivity index is 1.58. The van der Waals surface area contributed by atoms with Crippen molar-refractivity contribution in [3.05, 3.63) is 47.3 Å². The Kier molecular flexibility index (Phi) is 4.45. The molecule has 108 valence electrons. The van der Waals surface area contributed by atoms with Crippen molar-refractivity contribution in [1.82, 2.24) is 10.2 Å². The number of hydrogen-bond acceptors (Lipinski definition) is 4. The van der Waals surface area contributed by atoms with Gasteiger partial charge in [-0.3, -0.25) is 4.90 Å². The molecule has 0 amide bonds. The van der Waals surface area contributed by atoms with Gasteiger partial charge in [-0.05, 0) is 61.8 Å². The lowest BCUT2D eigenvalue weighted by molar-refractivity contribution is 0.208. The Labute approximate surface area is 123 Å². The molecule has 1 fully saturated rings. The van der Waals surface area contributed by atoms with Crippen molar-refractivity contribution in [1.29, 1.82) is 0 Å². The monoisotopic (exact) mass is 294 g/mol. The van der Waals surface area contributed by atoms with Crippen molar-refractivity contribution in [2.45, 2.75) is 25.4 Å². The van der Waals surface area contributed by atoms with Crippen LogP contribution in [0.3, 0.4) is 0 Å². The highest BCUT2D eigenvalue weighted by Crippen LogP contribution is 2.25. The smallest absolute Gasteiger partial charge is 0.193 e. The molecule has 0 radical (unpaired) electrons. The van der Waals surface area contributed by atoms with Crippen LogP contribution in [0.2, 0.25) is 5.22 Å². The minimum Gasteiger partial charge on any atom is -0.468 e. The fourth-order valence-electron chi connectivity index (χ4n) is 2.72. The molecule has 1 N–H and O–H groups in total. The van der Waals surface area contributed by atoms with Crippen LogP contribution in [0.15, 0.2) is 39.4 Å². The minimum atomic E-state index is 0.290. The van der Waals surface area contributed by atoms with Crippen LogP contribution < -0.4 is 5.32 Å². The molecule has 5 heteroatoms. The van der Waals surface area contributed by atoms with E-state index in [-0.39, 0.29) is 6.04 Å². The third-order valence-corrected chi connectivity index (χ3v) is 3.92. The molecule has 1 unspecified atom stereocenters. The molecule has 1 atom stereocenters. The van der Waals surface area contributed by atoms with Crippen molar-refractivity contribution in [2.75, 3.05) is 19.6 Å². The van der Waals surface area contributed by atoms with E-state index >= 15 is 0 Å². The molecule has 4 nitrogen and oxygen atoms in total. The maximum Gasteiger partial charge on any atom is 0.193 e. The molecular formula is C15H19ClN2O2. The summed E-state index contributed by atoms with van der Waals surface area (Å²) in [4.78, 5) is 2.47. The Hall–Kier alpha value is -1.23. The van der Waals surface area contributed by atoms with Crippen LogP contribution in [-0.4, -0.2) is 24.5 Å². The summed E-state index contributed by atoms with van der Waals surface area (Å²) in [6.07, 6.45) is 4.28. The second kappa shape index (κ2) is 6.48. The Bertz CT molecular complexity index is 518. The van der Waals surface area contributed by atoms with Gasteiger partial charge in [-0.2, -0.15) is 0 Å². The average Bonchev–Trinajstić information content (AvgIpc) is 3.18. The summed E-state index contributed by atoms with van der Waals surface area (Å²) in [6.45, 7) is 3.79. The van der Waals surface area contributed by atoms with E-state index in [1.807, 2.05) is 12.1 Å². The zero-order valence-corrected chi connectivity index (χ0v) is 12.1. The molecule has 0 aromatic carbocycles. The van der Waals surface area contributed by atoms with Gasteiger partial charge in [0.1, 0.15) is 11.5 Å². The van der Waals surface area contributed by atoms with E-state index in [2.05, 4.69) is 16.3 Å². The maximum atomic E-state index is 5.77. The van der Waals surface area contributed by atoms with E-state index in [1.165, 1.54) is 12.8 Å². The summed E-state index contributed by atoms with van der Waals surface area (Å²) >= 11 is 5.77. The van der Waals surface area contributed by atoms with Crippen LogP contribution in [0.5, 0.6) is 0 Å². The Morgan fingerprint density at radius 3 is 2.75 bits per heavy atom. The summed E-state index contributed by atoms with van der Waals surface area (Å²) in [6, 6.07) is 7.95. The Morgan fingerprint density at radius 1 is 1.25 bits per heavy atom. The summed E-state index contributed by atoms with van der Waals surface area (Å²) in [5.74, 6) is 1.88. The van der Waals surface area contributed by atoms with Crippen molar-refractivity contribution >= 4 is 11.6 Å². The molecule has 2 aromatic rings. The molecule has 0 saturated carbocycles. The molecule has 3 rings (SSSR count). The van der Waals surface area contributed by atoms with E-state index in [0.29, 0.717) is 11.8 Å². The number of hydrogen-bond donors (Lipinski definition) is 1. The first-order valence-electron chi connectivity index (χ1n) is 7.05. The van der Waals surface area contributed by atoms with E-state index in [1.54, 1.807) is 12.3 Å².